The van der Waals surface area contributed by atoms with Gasteiger partial charge in [-0.25, -0.2) is 0 Å². The first-order chi connectivity index (χ1) is 9.75. The monoisotopic (exact) mass is 289 g/mol. The smallest absolute Gasteiger partial charge is 0.307 e. The van der Waals surface area contributed by atoms with E-state index >= 15 is 0 Å². The first-order valence-corrected chi connectivity index (χ1v) is 6.81. The third-order valence-corrected chi connectivity index (χ3v) is 3.15. The largest absolute Gasteiger partial charge is 0.461 e. The van der Waals surface area contributed by atoms with Gasteiger partial charge in [0.2, 0.25) is 0 Å². The number of ether oxygens (including phenoxy) is 1. The van der Waals surface area contributed by atoms with Crippen molar-refractivity contribution in [2.24, 2.45) is 0 Å². The Bertz CT molecular complexity index is 557. The van der Waals surface area contributed by atoms with E-state index in [9.17, 15) is 4.79 Å². The van der Waals surface area contributed by atoms with Crippen molar-refractivity contribution in [1.29, 1.82) is 0 Å². The Hall–Kier alpha value is -2.00. The van der Waals surface area contributed by atoms with Crippen LogP contribution in [0.2, 0.25) is 5.02 Å². The quantitative estimate of drug-likeness (QED) is 0.820. The number of halogens is 1. The molecule has 0 aromatic heterocycles. The van der Waals surface area contributed by atoms with Crippen molar-refractivity contribution in [1.82, 2.24) is 0 Å². The number of rotatable bonds is 6. The van der Waals surface area contributed by atoms with Gasteiger partial charge in [-0.05, 0) is 18.2 Å². The summed E-state index contributed by atoms with van der Waals surface area (Å²) in [5.74, 6) is -0.242. The SMILES string of the molecule is O=C(CCNc1ccccc1)OCc1ccccc1Cl. The van der Waals surface area contributed by atoms with Crippen LogP contribution in [0.25, 0.3) is 0 Å². The summed E-state index contributed by atoms with van der Waals surface area (Å²) in [6.07, 6.45) is 0.319. The van der Waals surface area contributed by atoms with Gasteiger partial charge in [0.15, 0.2) is 0 Å². The number of hydrogen-bond donors (Lipinski definition) is 1. The highest BCUT2D eigenvalue weighted by Crippen LogP contribution is 2.15. The Morgan fingerprint density at radius 2 is 1.75 bits per heavy atom. The van der Waals surface area contributed by atoms with Gasteiger partial charge in [0, 0.05) is 22.8 Å². The number of para-hydroxylation sites is 1. The van der Waals surface area contributed by atoms with Gasteiger partial charge in [-0.15, -0.1) is 0 Å². The highest BCUT2D eigenvalue weighted by molar-refractivity contribution is 6.31. The van der Waals surface area contributed by atoms with E-state index in [4.69, 9.17) is 16.3 Å². The molecule has 0 amide bonds. The normalized spacial score (nSPS) is 10.1. The van der Waals surface area contributed by atoms with Gasteiger partial charge >= 0.3 is 5.97 Å². The van der Waals surface area contributed by atoms with Crippen molar-refractivity contribution in [3.05, 3.63) is 65.2 Å². The van der Waals surface area contributed by atoms with Gasteiger partial charge < -0.3 is 10.1 Å². The van der Waals surface area contributed by atoms with Crippen LogP contribution in [-0.2, 0) is 16.1 Å². The molecule has 0 aliphatic carbocycles. The van der Waals surface area contributed by atoms with Crippen LogP contribution in [0.5, 0.6) is 0 Å². The summed E-state index contributed by atoms with van der Waals surface area (Å²) in [6, 6.07) is 17.1. The molecule has 0 fully saturated rings. The molecule has 0 saturated heterocycles. The predicted molar refractivity (Wildman–Crippen MR) is 80.8 cm³/mol. The lowest BCUT2D eigenvalue weighted by atomic mass is 10.2. The van der Waals surface area contributed by atoms with E-state index in [-0.39, 0.29) is 12.6 Å². The predicted octanol–water partition coefficient (Wildman–Crippen LogP) is 3.89. The molecule has 0 aliphatic rings. The highest BCUT2D eigenvalue weighted by atomic mass is 35.5. The highest BCUT2D eigenvalue weighted by Gasteiger charge is 2.05. The number of anilines is 1. The molecule has 0 unspecified atom stereocenters. The number of hydrogen-bond acceptors (Lipinski definition) is 3. The molecule has 0 atom stereocenters. The Morgan fingerprint density at radius 1 is 1.05 bits per heavy atom. The van der Waals surface area contributed by atoms with Gasteiger partial charge in [-0.3, -0.25) is 4.79 Å². The molecule has 3 nitrogen and oxygen atoms in total. The van der Waals surface area contributed by atoms with E-state index in [0.29, 0.717) is 18.0 Å². The average Bonchev–Trinajstić information content (AvgIpc) is 2.47. The van der Waals surface area contributed by atoms with Crippen LogP contribution >= 0.6 is 11.6 Å². The summed E-state index contributed by atoms with van der Waals surface area (Å²) in [5.41, 5.74) is 1.81. The fraction of sp³-hybridized carbons (Fsp3) is 0.188. The lowest BCUT2D eigenvalue weighted by Gasteiger charge is -2.08. The van der Waals surface area contributed by atoms with Crippen LogP contribution in [0.3, 0.4) is 0 Å². The number of nitrogens with one attached hydrogen (secondary N) is 1. The van der Waals surface area contributed by atoms with E-state index < -0.39 is 0 Å². The van der Waals surface area contributed by atoms with Crippen molar-refractivity contribution in [2.45, 2.75) is 13.0 Å². The molecule has 0 spiro atoms. The van der Waals surface area contributed by atoms with Gasteiger partial charge in [0.25, 0.3) is 0 Å². The summed E-state index contributed by atoms with van der Waals surface area (Å²) in [7, 11) is 0. The lowest BCUT2D eigenvalue weighted by Crippen LogP contribution is -2.11. The van der Waals surface area contributed by atoms with Crippen LogP contribution in [0, 0.1) is 0 Å². The fourth-order valence-electron chi connectivity index (χ4n) is 1.71. The number of esters is 1. The Labute approximate surface area is 123 Å². The first-order valence-electron chi connectivity index (χ1n) is 6.43. The third kappa shape index (κ3) is 4.59. The zero-order valence-corrected chi connectivity index (χ0v) is 11.8. The molecule has 2 aromatic rings. The van der Waals surface area contributed by atoms with Crippen LogP contribution in [-0.4, -0.2) is 12.5 Å². The zero-order valence-electron chi connectivity index (χ0n) is 11.0. The molecule has 4 heteroatoms. The van der Waals surface area contributed by atoms with Crippen LogP contribution in [0.4, 0.5) is 5.69 Å². The van der Waals surface area contributed by atoms with E-state index in [2.05, 4.69) is 5.32 Å². The van der Waals surface area contributed by atoms with Crippen molar-refractivity contribution < 1.29 is 9.53 Å². The number of benzene rings is 2. The molecule has 0 aliphatic heterocycles. The number of carbonyl (C=O) groups excluding carboxylic acids is 1. The molecule has 2 rings (SSSR count). The molecule has 0 radical (unpaired) electrons. The maximum absolute atomic E-state index is 11.6. The van der Waals surface area contributed by atoms with Gasteiger partial charge in [-0.1, -0.05) is 48.0 Å². The molecular weight excluding hydrogens is 274 g/mol. The van der Waals surface area contributed by atoms with E-state index in [1.54, 1.807) is 6.07 Å². The Kier molecular flexibility index (Phi) is 5.44. The van der Waals surface area contributed by atoms with E-state index in [1.807, 2.05) is 48.5 Å². The third-order valence-electron chi connectivity index (χ3n) is 2.78. The second-order valence-corrected chi connectivity index (χ2v) is 4.70. The molecule has 0 heterocycles. The van der Waals surface area contributed by atoms with E-state index in [0.717, 1.165) is 11.3 Å². The zero-order chi connectivity index (χ0) is 14.2. The molecule has 20 heavy (non-hydrogen) atoms. The van der Waals surface area contributed by atoms with Crippen LogP contribution < -0.4 is 5.32 Å². The Morgan fingerprint density at radius 3 is 2.50 bits per heavy atom. The standard InChI is InChI=1S/C16H16ClNO2/c17-15-9-5-4-6-13(15)12-20-16(19)10-11-18-14-7-2-1-3-8-14/h1-9,18H,10-12H2. The van der Waals surface area contributed by atoms with Crippen LogP contribution in [0.15, 0.2) is 54.6 Å². The lowest BCUT2D eigenvalue weighted by molar-refractivity contribution is -0.144. The topological polar surface area (TPSA) is 38.3 Å². The molecule has 1 N–H and O–H groups in total. The second kappa shape index (κ2) is 7.56. The van der Waals surface area contributed by atoms with Crippen LogP contribution in [0.1, 0.15) is 12.0 Å². The summed E-state index contributed by atoms with van der Waals surface area (Å²) >= 11 is 5.99. The second-order valence-electron chi connectivity index (χ2n) is 4.29. The fourth-order valence-corrected chi connectivity index (χ4v) is 1.90. The van der Waals surface area contributed by atoms with E-state index in [1.165, 1.54) is 0 Å². The molecule has 104 valence electrons. The minimum atomic E-state index is -0.242. The van der Waals surface area contributed by atoms with Gasteiger partial charge in [0.1, 0.15) is 6.61 Å². The molecular formula is C16H16ClNO2. The first kappa shape index (κ1) is 14.4. The minimum Gasteiger partial charge on any atom is -0.461 e. The van der Waals surface area contributed by atoms with Crippen molar-refractivity contribution in [2.75, 3.05) is 11.9 Å². The number of carbonyl (C=O) groups is 1. The molecule has 2 aromatic carbocycles. The van der Waals surface area contributed by atoms with Gasteiger partial charge in [-0.2, -0.15) is 0 Å². The van der Waals surface area contributed by atoms with Crippen molar-refractivity contribution >= 4 is 23.3 Å². The summed E-state index contributed by atoms with van der Waals surface area (Å²) in [5, 5.41) is 3.77. The van der Waals surface area contributed by atoms with Gasteiger partial charge in [0.05, 0.1) is 6.42 Å². The molecule has 0 bridgehead atoms. The average molecular weight is 290 g/mol. The Balaban J connectivity index is 1.70. The molecule has 0 saturated carbocycles. The maximum Gasteiger partial charge on any atom is 0.307 e. The minimum absolute atomic E-state index is 0.212. The summed E-state index contributed by atoms with van der Waals surface area (Å²) < 4.78 is 5.18. The van der Waals surface area contributed by atoms with Crippen molar-refractivity contribution in [3.63, 3.8) is 0 Å². The maximum atomic E-state index is 11.6. The summed E-state index contributed by atoms with van der Waals surface area (Å²) in [6.45, 7) is 0.759. The summed E-state index contributed by atoms with van der Waals surface area (Å²) in [4.78, 5) is 11.6. The van der Waals surface area contributed by atoms with Crippen molar-refractivity contribution in [3.8, 4) is 0 Å².